The zero-order chi connectivity index (χ0) is 14.5. The van der Waals surface area contributed by atoms with Crippen molar-refractivity contribution in [3.05, 3.63) is 55.8 Å². The zero-order valence-corrected chi connectivity index (χ0v) is 13.6. The number of ether oxygens (including phenoxy) is 1. The van der Waals surface area contributed by atoms with Crippen LogP contribution < -0.4 is 5.32 Å². The van der Waals surface area contributed by atoms with Crippen molar-refractivity contribution in [2.75, 3.05) is 7.11 Å². The van der Waals surface area contributed by atoms with Crippen LogP contribution in [0, 0.1) is 2.88 Å². The minimum absolute atomic E-state index is 0.289. The Labute approximate surface area is 134 Å². The minimum atomic E-state index is -0.800. The number of methoxy groups -OCH3 is 1. The summed E-state index contributed by atoms with van der Waals surface area (Å²) in [5.41, 5.74) is 1.24. The van der Waals surface area contributed by atoms with Crippen molar-refractivity contribution in [2.24, 2.45) is 0 Å². The first-order chi connectivity index (χ1) is 9.61. The van der Waals surface area contributed by atoms with Gasteiger partial charge in [-0.3, -0.25) is 4.79 Å². The summed E-state index contributed by atoms with van der Waals surface area (Å²) in [6.45, 7) is 0. The summed E-state index contributed by atoms with van der Waals surface area (Å²) in [5, 5.41) is 4.46. The molecule has 1 aromatic heterocycles. The van der Waals surface area contributed by atoms with E-state index >= 15 is 0 Å². The molecule has 1 N–H and O–H groups in total. The van der Waals surface area contributed by atoms with Crippen molar-refractivity contribution >= 4 is 45.8 Å². The van der Waals surface area contributed by atoms with Crippen LogP contribution >= 0.6 is 33.9 Å². The van der Waals surface area contributed by atoms with Crippen LogP contribution in [-0.4, -0.2) is 19.0 Å². The van der Waals surface area contributed by atoms with E-state index in [2.05, 4.69) is 27.9 Å². The van der Waals surface area contributed by atoms with E-state index < -0.39 is 12.0 Å². The zero-order valence-electron chi connectivity index (χ0n) is 10.6. The number of benzene rings is 1. The van der Waals surface area contributed by atoms with E-state index in [0.717, 1.165) is 2.88 Å². The van der Waals surface area contributed by atoms with Crippen LogP contribution in [0.1, 0.15) is 22.0 Å². The smallest absolute Gasteiger partial charge is 0.333 e. The summed E-state index contributed by atoms with van der Waals surface area (Å²) in [6, 6.07) is 10.0. The maximum absolute atomic E-state index is 12.1. The van der Waals surface area contributed by atoms with E-state index in [9.17, 15) is 9.59 Å². The topological polar surface area (TPSA) is 55.4 Å². The van der Waals surface area contributed by atoms with Gasteiger partial charge in [-0.25, -0.2) is 4.79 Å². The Bertz CT molecular complexity index is 612. The first-order valence-corrected chi connectivity index (χ1v) is 7.75. The number of carbonyl (C=O) groups is 2. The summed E-state index contributed by atoms with van der Waals surface area (Å²) in [7, 11) is 1.30. The van der Waals surface area contributed by atoms with E-state index in [-0.39, 0.29) is 5.91 Å². The molecule has 0 radical (unpaired) electrons. The highest BCUT2D eigenvalue weighted by Gasteiger charge is 2.24. The fourth-order valence-corrected chi connectivity index (χ4v) is 3.01. The van der Waals surface area contributed by atoms with Gasteiger partial charge >= 0.3 is 5.97 Å². The quantitative estimate of drug-likeness (QED) is 0.633. The number of amides is 1. The molecular weight excluding hydrogens is 389 g/mol. The molecule has 6 heteroatoms. The third kappa shape index (κ3) is 3.57. The first-order valence-electron chi connectivity index (χ1n) is 5.79. The Balaban J connectivity index is 2.21. The van der Waals surface area contributed by atoms with Crippen LogP contribution in [0.4, 0.5) is 0 Å². The minimum Gasteiger partial charge on any atom is -0.467 e. The molecule has 1 aromatic carbocycles. The normalized spacial score (nSPS) is 11.7. The molecule has 1 atom stereocenters. The lowest BCUT2D eigenvalue weighted by molar-refractivity contribution is -0.143. The van der Waals surface area contributed by atoms with Gasteiger partial charge in [0.2, 0.25) is 0 Å². The van der Waals surface area contributed by atoms with E-state index in [4.69, 9.17) is 4.74 Å². The third-order valence-corrected chi connectivity index (χ3v) is 4.46. The van der Waals surface area contributed by atoms with Gasteiger partial charge in [-0.2, -0.15) is 0 Å². The monoisotopic (exact) mass is 401 g/mol. The van der Waals surface area contributed by atoms with Gasteiger partial charge in [0.25, 0.3) is 5.91 Å². The second-order valence-electron chi connectivity index (χ2n) is 3.98. The summed E-state index contributed by atoms with van der Waals surface area (Å²) < 4.78 is 5.77. The second-order valence-corrected chi connectivity index (χ2v) is 6.79. The summed E-state index contributed by atoms with van der Waals surface area (Å²) in [6.07, 6.45) is 0. The lowest BCUT2D eigenvalue weighted by Crippen LogP contribution is -2.34. The fourth-order valence-electron chi connectivity index (χ4n) is 1.69. The van der Waals surface area contributed by atoms with E-state index in [1.54, 1.807) is 23.6 Å². The van der Waals surface area contributed by atoms with Gasteiger partial charge in [0.1, 0.15) is 0 Å². The number of thiophene rings is 1. The highest BCUT2D eigenvalue weighted by Crippen LogP contribution is 2.19. The van der Waals surface area contributed by atoms with Crippen LogP contribution in [-0.2, 0) is 9.53 Å². The highest BCUT2D eigenvalue weighted by molar-refractivity contribution is 14.1. The summed E-state index contributed by atoms with van der Waals surface area (Å²) in [5.74, 6) is -0.780. The van der Waals surface area contributed by atoms with Crippen molar-refractivity contribution in [3.8, 4) is 0 Å². The fraction of sp³-hybridized carbons (Fsp3) is 0.143. The molecule has 0 spiro atoms. The Morgan fingerprint density at radius 1 is 1.30 bits per heavy atom. The van der Waals surface area contributed by atoms with Crippen molar-refractivity contribution in [1.29, 1.82) is 0 Å². The lowest BCUT2D eigenvalue weighted by atomic mass is 10.1. The molecule has 0 fully saturated rings. The molecule has 0 aliphatic heterocycles. The number of rotatable bonds is 4. The molecule has 20 heavy (non-hydrogen) atoms. The molecule has 1 heterocycles. The van der Waals surface area contributed by atoms with Crippen molar-refractivity contribution in [1.82, 2.24) is 5.32 Å². The number of esters is 1. The van der Waals surface area contributed by atoms with Crippen molar-refractivity contribution < 1.29 is 14.3 Å². The Hall–Kier alpha value is -1.41. The first kappa shape index (κ1) is 15.0. The van der Waals surface area contributed by atoms with Crippen LogP contribution in [0.25, 0.3) is 0 Å². The molecule has 1 amide bonds. The van der Waals surface area contributed by atoms with Crippen LogP contribution in [0.5, 0.6) is 0 Å². The van der Waals surface area contributed by atoms with Gasteiger partial charge in [-0.05, 0) is 34.2 Å². The number of hydrogen-bond acceptors (Lipinski definition) is 4. The van der Waals surface area contributed by atoms with Crippen molar-refractivity contribution in [3.63, 3.8) is 0 Å². The third-order valence-electron chi connectivity index (χ3n) is 2.67. The summed E-state index contributed by atoms with van der Waals surface area (Å²) in [4.78, 5) is 24.0. The molecule has 2 aromatic rings. The molecule has 2 rings (SSSR count). The van der Waals surface area contributed by atoms with Gasteiger partial charge in [0.15, 0.2) is 6.04 Å². The van der Waals surface area contributed by atoms with Gasteiger partial charge < -0.3 is 10.1 Å². The predicted molar refractivity (Wildman–Crippen MR) is 85.7 cm³/mol. The molecule has 0 aliphatic carbocycles. The molecular formula is C14H12INO3S. The van der Waals surface area contributed by atoms with E-state index in [1.807, 2.05) is 18.2 Å². The van der Waals surface area contributed by atoms with Gasteiger partial charge in [0.05, 0.1) is 15.6 Å². The Morgan fingerprint density at radius 2 is 2.00 bits per heavy atom. The van der Waals surface area contributed by atoms with Gasteiger partial charge in [-0.15, -0.1) is 11.3 Å². The van der Waals surface area contributed by atoms with Gasteiger partial charge in [-0.1, -0.05) is 30.3 Å². The maximum Gasteiger partial charge on any atom is 0.333 e. The van der Waals surface area contributed by atoms with Crippen molar-refractivity contribution in [2.45, 2.75) is 6.04 Å². The van der Waals surface area contributed by atoms with E-state index in [0.29, 0.717) is 11.1 Å². The second kappa shape index (κ2) is 6.85. The van der Waals surface area contributed by atoms with Crippen LogP contribution in [0.15, 0.2) is 41.8 Å². The SMILES string of the molecule is COC(=O)C(NC(=O)c1csc(I)c1)c1ccccc1. The largest absolute Gasteiger partial charge is 0.467 e. The average molecular weight is 401 g/mol. The van der Waals surface area contributed by atoms with Gasteiger partial charge in [0, 0.05) is 5.38 Å². The standard InChI is InChI=1S/C14H12INO3S/c1-19-14(18)12(9-5-3-2-4-6-9)16-13(17)10-7-11(15)20-8-10/h2-8,12H,1H3,(H,16,17). The lowest BCUT2D eigenvalue weighted by Gasteiger charge is -2.16. The molecule has 0 saturated carbocycles. The predicted octanol–water partition coefficient (Wildman–Crippen LogP) is 3.00. The molecule has 4 nitrogen and oxygen atoms in total. The number of nitrogens with one attached hydrogen (secondary N) is 1. The maximum atomic E-state index is 12.1. The number of hydrogen-bond donors (Lipinski definition) is 1. The molecule has 0 saturated heterocycles. The molecule has 104 valence electrons. The average Bonchev–Trinajstić information content (AvgIpc) is 2.91. The molecule has 0 aliphatic rings. The Kier molecular flexibility index (Phi) is 5.13. The van der Waals surface area contributed by atoms with Crippen LogP contribution in [0.2, 0.25) is 0 Å². The molecule has 0 bridgehead atoms. The van der Waals surface area contributed by atoms with E-state index in [1.165, 1.54) is 18.4 Å². The number of carbonyl (C=O) groups excluding carboxylic acids is 2. The number of halogens is 1. The Morgan fingerprint density at radius 3 is 2.55 bits per heavy atom. The highest BCUT2D eigenvalue weighted by atomic mass is 127. The van der Waals surface area contributed by atoms with Crippen LogP contribution in [0.3, 0.4) is 0 Å². The molecule has 1 unspecified atom stereocenters. The summed E-state index contributed by atoms with van der Waals surface area (Å²) >= 11 is 3.63.